The zero-order valence-electron chi connectivity index (χ0n) is 10.9. The summed E-state index contributed by atoms with van der Waals surface area (Å²) < 4.78 is 5.53. The molecule has 1 amide bonds. The van der Waals surface area contributed by atoms with Gasteiger partial charge in [-0.05, 0) is 38.0 Å². The lowest BCUT2D eigenvalue weighted by Crippen LogP contribution is -2.32. The lowest BCUT2D eigenvalue weighted by Gasteiger charge is -2.25. The number of aliphatic hydroxyl groups excluding tert-OH is 1. The highest BCUT2D eigenvalue weighted by molar-refractivity contribution is 5.77. The summed E-state index contributed by atoms with van der Waals surface area (Å²) in [5.41, 5.74) is 0. The molecular formula is C13H25NO3. The minimum atomic E-state index is -0.172. The molecule has 0 atom stereocenters. The van der Waals surface area contributed by atoms with Crippen molar-refractivity contribution in [2.45, 2.75) is 58.2 Å². The fourth-order valence-corrected chi connectivity index (χ4v) is 1.96. The molecule has 1 rings (SSSR count). The lowest BCUT2D eigenvalue weighted by molar-refractivity contribution is -0.128. The highest BCUT2D eigenvalue weighted by Gasteiger charge is 2.20. The summed E-state index contributed by atoms with van der Waals surface area (Å²) in [6, 6.07) is 0. The Hall–Kier alpha value is -0.610. The van der Waals surface area contributed by atoms with Crippen molar-refractivity contribution >= 4 is 5.91 Å². The fourth-order valence-electron chi connectivity index (χ4n) is 1.96. The Kier molecular flexibility index (Phi) is 6.52. The predicted octanol–water partition coefficient (Wildman–Crippen LogP) is 1.47. The molecule has 1 aliphatic rings. The Morgan fingerprint density at radius 2 is 2.00 bits per heavy atom. The Morgan fingerprint density at radius 3 is 2.59 bits per heavy atom. The van der Waals surface area contributed by atoms with E-state index in [9.17, 15) is 9.90 Å². The number of hydrogen-bond donors (Lipinski definition) is 2. The smallest absolute Gasteiger partial charge is 0.246 e. The van der Waals surface area contributed by atoms with E-state index in [1.165, 1.54) is 0 Å². The first-order valence-corrected chi connectivity index (χ1v) is 6.64. The van der Waals surface area contributed by atoms with Crippen molar-refractivity contribution in [1.29, 1.82) is 0 Å². The fraction of sp³-hybridized carbons (Fsp3) is 0.923. The van der Waals surface area contributed by atoms with Crippen LogP contribution in [0, 0.1) is 5.92 Å². The Morgan fingerprint density at radius 1 is 1.35 bits per heavy atom. The van der Waals surface area contributed by atoms with Gasteiger partial charge in [0.05, 0.1) is 12.2 Å². The van der Waals surface area contributed by atoms with E-state index in [-0.39, 0.29) is 24.7 Å². The molecule has 4 nitrogen and oxygen atoms in total. The summed E-state index contributed by atoms with van der Waals surface area (Å²) in [7, 11) is 0. The van der Waals surface area contributed by atoms with E-state index in [1.54, 1.807) is 0 Å². The zero-order valence-corrected chi connectivity index (χ0v) is 10.9. The van der Waals surface area contributed by atoms with Crippen LogP contribution >= 0.6 is 0 Å². The van der Waals surface area contributed by atoms with E-state index in [0.29, 0.717) is 5.92 Å². The second-order valence-electron chi connectivity index (χ2n) is 5.27. The molecule has 0 aromatic heterocycles. The van der Waals surface area contributed by atoms with Gasteiger partial charge in [0.15, 0.2) is 0 Å². The largest absolute Gasteiger partial charge is 0.393 e. The van der Waals surface area contributed by atoms with E-state index in [0.717, 1.165) is 38.6 Å². The van der Waals surface area contributed by atoms with Crippen LogP contribution in [0.3, 0.4) is 0 Å². The highest BCUT2D eigenvalue weighted by atomic mass is 16.5. The van der Waals surface area contributed by atoms with Crippen LogP contribution < -0.4 is 5.32 Å². The maximum absolute atomic E-state index is 11.4. The van der Waals surface area contributed by atoms with E-state index < -0.39 is 0 Å². The van der Waals surface area contributed by atoms with E-state index in [2.05, 4.69) is 19.2 Å². The Balaban J connectivity index is 2.03. The Bertz CT molecular complexity index is 223. The molecule has 1 saturated carbocycles. The predicted molar refractivity (Wildman–Crippen MR) is 66.7 cm³/mol. The van der Waals surface area contributed by atoms with Crippen LogP contribution in [0.1, 0.15) is 46.0 Å². The van der Waals surface area contributed by atoms with Crippen LogP contribution in [0.25, 0.3) is 0 Å². The molecule has 1 fully saturated rings. The van der Waals surface area contributed by atoms with Crippen molar-refractivity contribution in [2.75, 3.05) is 13.2 Å². The number of ether oxygens (including phenoxy) is 1. The third-order valence-electron chi connectivity index (χ3n) is 3.14. The topological polar surface area (TPSA) is 58.6 Å². The molecule has 17 heavy (non-hydrogen) atoms. The van der Waals surface area contributed by atoms with Crippen LogP contribution in [0.4, 0.5) is 0 Å². The van der Waals surface area contributed by atoms with Crippen LogP contribution in [-0.4, -0.2) is 36.4 Å². The van der Waals surface area contributed by atoms with Crippen LogP contribution in [0.2, 0.25) is 0 Å². The zero-order chi connectivity index (χ0) is 12.7. The van der Waals surface area contributed by atoms with Crippen molar-refractivity contribution in [3.63, 3.8) is 0 Å². The quantitative estimate of drug-likeness (QED) is 0.742. The summed E-state index contributed by atoms with van der Waals surface area (Å²) in [6.07, 6.45) is 4.28. The molecule has 0 spiro atoms. The molecular weight excluding hydrogens is 218 g/mol. The molecule has 0 bridgehead atoms. The molecule has 0 saturated heterocycles. The van der Waals surface area contributed by atoms with Crippen LogP contribution in [-0.2, 0) is 9.53 Å². The normalized spacial score (nSPS) is 24.9. The second-order valence-corrected chi connectivity index (χ2v) is 5.27. The Labute approximate surface area is 104 Å². The van der Waals surface area contributed by atoms with E-state index >= 15 is 0 Å². The third kappa shape index (κ3) is 6.64. The monoisotopic (exact) mass is 243 g/mol. The summed E-state index contributed by atoms with van der Waals surface area (Å²) in [6.45, 7) is 5.15. The van der Waals surface area contributed by atoms with Gasteiger partial charge in [0.25, 0.3) is 0 Å². The number of aliphatic hydroxyl groups is 1. The van der Waals surface area contributed by atoms with Gasteiger partial charge in [-0.25, -0.2) is 0 Å². The van der Waals surface area contributed by atoms with E-state index in [4.69, 9.17) is 4.74 Å². The third-order valence-corrected chi connectivity index (χ3v) is 3.14. The minimum absolute atomic E-state index is 0.0308. The van der Waals surface area contributed by atoms with Gasteiger partial charge in [-0.2, -0.15) is 0 Å². The van der Waals surface area contributed by atoms with E-state index in [1.807, 2.05) is 0 Å². The van der Waals surface area contributed by atoms with Gasteiger partial charge in [0.2, 0.25) is 5.91 Å². The number of nitrogens with one attached hydrogen (secondary N) is 1. The number of carbonyl (C=O) groups is 1. The molecule has 2 N–H and O–H groups in total. The first-order valence-electron chi connectivity index (χ1n) is 6.64. The molecule has 0 aromatic rings. The van der Waals surface area contributed by atoms with Crippen molar-refractivity contribution in [2.24, 2.45) is 5.92 Å². The standard InChI is InChI=1S/C13H25NO3/c1-10(2)7-8-14-13(16)9-17-12-5-3-11(15)4-6-12/h10-12,15H,3-9H2,1-2H3,(H,14,16). The summed E-state index contributed by atoms with van der Waals surface area (Å²) >= 11 is 0. The van der Waals surface area contributed by atoms with Crippen molar-refractivity contribution in [3.05, 3.63) is 0 Å². The van der Waals surface area contributed by atoms with Gasteiger partial charge in [0.1, 0.15) is 6.61 Å². The summed E-state index contributed by atoms with van der Waals surface area (Å²) in [4.78, 5) is 11.4. The molecule has 1 aliphatic carbocycles. The van der Waals surface area contributed by atoms with Gasteiger partial charge >= 0.3 is 0 Å². The van der Waals surface area contributed by atoms with Gasteiger partial charge in [-0.1, -0.05) is 13.8 Å². The SMILES string of the molecule is CC(C)CCNC(=O)COC1CCC(O)CC1. The van der Waals surface area contributed by atoms with Crippen molar-refractivity contribution in [3.8, 4) is 0 Å². The number of carbonyl (C=O) groups excluding carboxylic acids is 1. The number of hydrogen-bond acceptors (Lipinski definition) is 3. The number of amides is 1. The molecule has 0 heterocycles. The molecule has 4 heteroatoms. The van der Waals surface area contributed by atoms with Crippen LogP contribution in [0.15, 0.2) is 0 Å². The van der Waals surface area contributed by atoms with Crippen molar-refractivity contribution in [1.82, 2.24) is 5.32 Å². The summed E-state index contributed by atoms with van der Waals surface area (Å²) in [5, 5.41) is 12.2. The lowest BCUT2D eigenvalue weighted by atomic mass is 9.95. The minimum Gasteiger partial charge on any atom is -0.393 e. The first kappa shape index (κ1) is 14.5. The maximum Gasteiger partial charge on any atom is 0.246 e. The molecule has 0 aromatic carbocycles. The highest BCUT2D eigenvalue weighted by Crippen LogP contribution is 2.20. The van der Waals surface area contributed by atoms with Gasteiger partial charge in [-0.15, -0.1) is 0 Å². The first-order chi connectivity index (χ1) is 8.08. The molecule has 0 unspecified atom stereocenters. The van der Waals surface area contributed by atoms with Crippen LogP contribution in [0.5, 0.6) is 0 Å². The molecule has 0 radical (unpaired) electrons. The average Bonchev–Trinajstić information content (AvgIpc) is 2.28. The van der Waals surface area contributed by atoms with Gasteiger partial charge in [0, 0.05) is 6.54 Å². The van der Waals surface area contributed by atoms with Crippen molar-refractivity contribution < 1.29 is 14.6 Å². The maximum atomic E-state index is 11.4. The molecule has 100 valence electrons. The summed E-state index contributed by atoms with van der Waals surface area (Å²) in [5.74, 6) is 0.577. The second kappa shape index (κ2) is 7.67. The average molecular weight is 243 g/mol. The number of rotatable bonds is 6. The molecule has 0 aliphatic heterocycles. The van der Waals surface area contributed by atoms with Gasteiger partial charge in [-0.3, -0.25) is 4.79 Å². The van der Waals surface area contributed by atoms with Gasteiger partial charge < -0.3 is 15.2 Å².